The number of hydrogen-bond donors (Lipinski definition) is 1. The molecule has 1 unspecified atom stereocenters. The summed E-state index contributed by atoms with van der Waals surface area (Å²) in [5, 5.41) is 15.1. The van der Waals surface area contributed by atoms with Gasteiger partial charge >= 0.3 is 5.97 Å². The number of aromatic nitrogens is 2. The van der Waals surface area contributed by atoms with Gasteiger partial charge in [-0.15, -0.1) is 0 Å². The molecule has 5 rings (SSSR count). The summed E-state index contributed by atoms with van der Waals surface area (Å²) in [5.74, 6) is -0.199. The van der Waals surface area contributed by atoms with Crippen LogP contribution in [-0.4, -0.2) is 43.1 Å². The predicted molar refractivity (Wildman–Crippen MR) is 138 cm³/mol. The first-order valence-corrected chi connectivity index (χ1v) is 12.8. The van der Waals surface area contributed by atoms with E-state index in [4.69, 9.17) is 16.3 Å². The Morgan fingerprint density at radius 3 is 2.50 bits per heavy atom. The maximum absolute atomic E-state index is 12.4. The molecule has 0 amide bonds. The molecule has 4 aromatic rings. The van der Waals surface area contributed by atoms with Crippen molar-refractivity contribution in [2.75, 3.05) is 18.0 Å². The quantitative estimate of drug-likeness (QED) is 0.306. The summed E-state index contributed by atoms with van der Waals surface area (Å²) in [6.45, 7) is 0.227. The van der Waals surface area contributed by atoms with Gasteiger partial charge in [0, 0.05) is 28.4 Å². The second-order valence-corrected chi connectivity index (χ2v) is 9.98. The second kappa shape index (κ2) is 9.93. The Morgan fingerprint density at radius 2 is 1.92 bits per heavy atom. The number of pyridine rings is 1. The Balaban J connectivity index is 1.58. The van der Waals surface area contributed by atoms with Crippen LogP contribution in [0.1, 0.15) is 40.2 Å². The summed E-state index contributed by atoms with van der Waals surface area (Å²) < 4.78 is 32.7. The van der Waals surface area contributed by atoms with Crippen LogP contribution >= 0.6 is 11.6 Å². The number of fused-ring (bicyclic) bond motifs is 1. The smallest absolute Gasteiger partial charge is 0.340 e. The maximum Gasteiger partial charge on any atom is 0.340 e. The van der Waals surface area contributed by atoms with Crippen LogP contribution in [0.3, 0.4) is 0 Å². The number of carbonyl (C=O) groups is 1. The molecule has 2 aromatic carbocycles. The number of benzene rings is 2. The largest absolute Gasteiger partial charge is 0.755 e. The Labute approximate surface area is 215 Å². The van der Waals surface area contributed by atoms with Crippen LogP contribution in [0.5, 0.6) is 5.75 Å². The summed E-state index contributed by atoms with van der Waals surface area (Å²) in [4.78, 5) is 12.3. The molecule has 1 atom stereocenters. The van der Waals surface area contributed by atoms with Crippen LogP contribution in [0, 0.1) is 0 Å². The highest BCUT2D eigenvalue weighted by atomic mass is 35.5. The van der Waals surface area contributed by atoms with Crippen LogP contribution in [0.2, 0.25) is 5.02 Å². The molecule has 1 fully saturated rings. The van der Waals surface area contributed by atoms with Gasteiger partial charge in [-0.25, -0.2) is 9.31 Å². The Hall–Kier alpha value is -3.40. The number of halogens is 1. The Bertz CT molecular complexity index is 1450. The van der Waals surface area contributed by atoms with Crippen LogP contribution in [-0.2, 0) is 17.7 Å². The zero-order valence-corrected chi connectivity index (χ0v) is 21.0. The molecular weight excluding hydrogens is 502 g/mol. The van der Waals surface area contributed by atoms with E-state index in [0.29, 0.717) is 33.9 Å². The first-order valence-electron chi connectivity index (χ1n) is 11.4. The van der Waals surface area contributed by atoms with E-state index in [1.54, 1.807) is 43.6 Å². The van der Waals surface area contributed by atoms with Crippen molar-refractivity contribution in [1.82, 2.24) is 9.61 Å². The van der Waals surface area contributed by atoms with Gasteiger partial charge in [-0.2, -0.15) is 5.10 Å². The molecule has 1 aliphatic carbocycles. The van der Waals surface area contributed by atoms with Crippen LogP contribution in [0.25, 0.3) is 16.8 Å². The van der Waals surface area contributed by atoms with E-state index in [9.17, 15) is 18.7 Å². The highest BCUT2D eigenvalue weighted by molar-refractivity contribution is 7.80. The van der Waals surface area contributed by atoms with E-state index < -0.39 is 17.2 Å². The van der Waals surface area contributed by atoms with Crippen molar-refractivity contribution >= 4 is 40.0 Å². The third-order valence-corrected chi connectivity index (χ3v) is 7.33. The van der Waals surface area contributed by atoms with E-state index in [1.807, 2.05) is 24.3 Å². The van der Waals surface area contributed by atoms with Crippen LogP contribution in [0.15, 0.2) is 60.8 Å². The SMILES string of the molecule is COc1ccc(CCN(c2cn3nc(-c4ccc(Cl)cc4)c(C(=O)O)c3cc2C2CC2)S(=O)[O-])cc1. The minimum Gasteiger partial charge on any atom is -0.755 e. The minimum atomic E-state index is -2.54. The van der Waals surface area contributed by atoms with Gasteiger partial charge < -0.3 is 18.7 Å². The lowest BCUT2D eigenvalue weighted by atomic mass is 10.0. The molecule has 2 aromatic heterocycles. The number of aromatic carboxylic acids is 1. The maximum atomic E-state index is 12.4. The van der Waals surface area contributed by atoms with Crippen molar-refractivity contribution in [3.63, 3.8) is 0 Å². The normalized spacial score (nSPS) is 14.1. The summed E-state index contributed by atoms with van der Waals surface area (Å²) in [7, 11) is 1.59. The van der Waals surface area contributed by atoms with Crippen molar-refractivity contribution < 1.29 is 23.4 Å². The molecular formula is C26H23ClN3O5S-. The summed E-state index contributed by atoms with van der Waals surface area (Å²) in [6, 6.07) is 16.0. The van der Waals surface area contributed by atoms with Crippen molar-refractivity contribution in [3.8, 4) is 17.0 Å². The van der Waals surface area contributed by atoms with Crippen molar-refractivity contribution in [3.05, 3.63) is 82.5 Å². The molecule has 8 nitrogen and oxygen atoms in total. The van der Waals surface area contributed by atoms with Crippen molar-refractivity contribution in [1.29, 1.82) is 0 Å². The molecule has 0 aliphatic heterocycles. The van der Waals surface area contributed by atoms with Crippen LogP contribution < -0.4 is 9.04 Å². The molecule has 1 N–H and O–H groups in total. The second-order valence-electron chi connectivity index (χ2n) is 8.67. The molecule has 0 bridgehead atoms. The van der Waals surface area contributed by atoms with E-state index in [0.717, 1.165) is 29.7 Å². The molecule has 0 spiro atoms. The fourth-order valence-corrected chi connectivity index (χ4v) is 5.02. The molecule has 10 heteroatoms. The first-order chi connectivity index (χ1) is 17.4. The molecule has 1 aliphatic rings. The molecule has 1 saturated carbocycles. The molecule has 0 saturated heterocycles. The fourth-order valence-electron chi connectivity index (χ4n) is 4.34. The minimum absolute atomic E-state index is 0.0683. The molecule has 0 radical (unpaired) electrons. The highest BCUT2D eigenvalue weighted by Gasteiger charge is 2.31. The van der Waals surface area contributed by atoms with E-state index in [-0.39, 0.29) is 18.0 Å². The molecule has 2 heterocycles. The van der Waals surface area contributed by atoms with Gasteiger partial charge in [0.1, 0.15) is 17.0 Å². The third kappa shape index (κ3) is 4.82. The number of carboxylic acids is 1. The average Bonchev–Trinajstić information content (AvgIpc) is 3.64. The number of anilines is 1. The lowest BCUT2D eigenvalue weighted by molar-refractivity contribution is 0.0699. The summed E-state index contributed by atoms with van der Waals surface area (Å²) in [6.07, 6.45) is 3.96. The number of ether oxygens (including phenoxy) is 1. The Kier molecular flexibility index (Phi) is 6.70. The average molecular weight is 525 g/mol. The lowest BCUT2D eigenvalue weighted by Gasteiger charge is -2.28. The molecule has 36 heavy (non-hydrogen) atoms. The van der Waals surface area contributed by atoms with Crippen molar-refractivity contribution in [2.45, 2.75) is 25.2 Å². The fraction of sp³-hybridized carbons (Fsp3) is 0.231. The highest BCUT2D eigenvalue weighted by Crippen LogP contribution is 2.46. The monoisotopic (exact) mass is 524 g/mol. The predicted octanol–water partition coefficient (Wildman–Crippen LogP) is 5.08. The number of nitrogens with zero attached hydrogens (tertiary/aromatic N) is 3. The van der Waals surface area contributed by atoms with Gasteiger partial charge in [-0.05, 0) is 66.6 Å². The lowest BCUT2D eigenvalue weighted by Crippen LogP contribution is -2.29. The summed E-state index contributed by atoms with van der Waals surface area (Å²) >= 11 is 3.47. The molecule has 186 valence electrons. The van der Waals surface area contributed by atoms with Gasteiger partial charge in [0.2, 0.25) is 0 Å². The van der Waals surface area contributed by atoms with Gasteiger partial charge in [0.05, 0.1) is 24.5 Å². The third-order valence-electron chi connectivity index (χ3n) is 6.34. The van der Waals surface area contributed by atoms with Gasteiger partial charge in [-0.3, -0.25) is 4.21 Å². The van der Waals surface area contributed by atoms with Crippen molar-refractivity contribution in [2.24, 2.45) is 0 Å². The number of methoxy groups -OCH3 is 1. The summed E-state index contributed by atoms with van der Waals surface area (Å²) in [5.41, 5.74) is 3.69. The zero-order chi connectivity index (χ0) is 25.4. The van der Waals surface area contributed by atoms with E-state index in [1.165, 1.54) is 8.82 Å². The van der Waals surface area contributed by atoms with E-state index in [2.05, 4.69) is 5.10 Å². The zero-order valence-electron chi connectivity index (χ0n) is 19.4. The first kappa shape index (κ1) is 24.3. The number of hydrogen-bond acceptors (Lipinski definition) is 5. The van der Waals surface area contributed by atoms with Gasteiger partial charge in [0.15, 0.2) is 0 Å². The number of rotatable bonds is 9. The van der Waals surface area contributed by atoms with Gasteiger partial charge in [0.25, 0.3) is 0 Å². The topological polar surface area (TPSA) is 107 Å². The Morgan fingerprint density at radius 1 is 1.22 bits per heavy atom. The van der Waals surface area contributed by atoms with Gasteiger partial charge in [-0.1, -0.05) is 35.9 Å². The standard InChI is InChI=1S/C26H24ClN3O5S/c1-35-20-10-2-16(3-11-20)12-13-30(36(33)34)23-15-29-22(14-21(23)17-4-5-17)24(26(31)32)25(28-29)18-6-8-19(27)9-7-18/h2-3,6-11,14-15,17H,4-5,12-13H2,1H3,(H,31,32)(H,33,34)/p-1. The van der Waals surface area contributed by atoms with Crippen LogP contribution in [0.4, 0.5) is 5.69 Å². The van der Waals surface area contributed by atoms with E-state index >= 15 is 0 Å². The number of carboxylic acid groups (broad SMARTS) is 1.